The van der Waals surface area contributed by atoms with Gasteiger partial charge in [0.2, 0.25) is 5.91 Å². The molecular weight excluding hydrogens is 419 g/mol. The first-order chi connectivity index (χ1) is 12.9. The number of hydrogen-bond donors (Lipinski definition) is 1. The Balaban J connectivity index is 1.59. The Labute approximate surface area is 177 Å². The van der Waals surface area contributed by atoms with Gasteiger partial charge in [0.1, 0.15) is 0 Å². The van der Waals surface area contributed by atoms with Crippen LogP contribution in [0.3, 0.4) is 0 Å². The lowest BCUT2D eigenvalue weighted by Gasteiger charge is -2.04. The molecule has 0 aliphatic carbocycles. The first-order valence-electron chi connectivity index (χ1n) is 8.30. The van der Waals surface area contributed by atoms with E-state index in [-0.39, 0.29) is 5.91 Å². The number of hydrogen-bond acceptors (Lipinski definition) is 4. The van der Waals surface area contributed by atoms with Crippen LogP contribution < -0.4 is 5.32 Å². The molecule has 0 spiro atoms. The normalized spacial score (nSPS) is 10.8. The van der Waals surface area contributed by atoms with E-state index in [4.69, 9.17) is 23.2 Å². The number of carbonyl (C=O) groups excluding carboxylic acids is 1. The fraction of sp³-hybridized carbons (Fsp3) is 0.200. The van der Waals surface area contributed by atoms with Gasteiger partial charge in [0, 0.05) is 27.0 Å². The van der Waals surface area contributed by atoms with Crippen molar-refractivity contribution in [2.75, 3.05) is 11.1 Å². The van der Waals surface area contributed by atoms with Gasteiger partial charge in [-0.25, -0.2) is 4.98 Å². The van der Waals surface area contributed by atoms with Gasteiger partial charge >= 0.3 is 0 Å². The number of rotatable bonds is 6. The van der Waals surface area contributed by atoms with Crippen LogP contribution in [-0.4, -0.2) is 16.6 Å². The van der Waals surface area contributed by atoms with E-state index >= 15 is 0 Å². The van der Waals surface area contributed by atoms with E-state index < -0.39 is 0 Å². The molecule has 1 amide bonds. The minimum absolute atomic E-state index is 0.0426. The largest absolute Gasteiger partial charge is 0.325 e. The number of anilines is 1. The van der Waals surface area contributed by atoms with Gasteiger partial charge in [-0.3, -0.25) is 4.79 Å². The smallest absolute Gasteiger partial charge is 0.234 e. The molecule has 3 aromatic rings. The molecular formula is C20H18Cl2N2OS2. The number of halogens is 2. The highest BCUT2D eigenvalue weighted by atomic mass is 35.5. The summed E-state index contributed by atoms with van der Waals surface area (Å²) in [6.07, 6.45) is 0.704. The molecule has 1 aromatic heterocycles. The van der Waals surface area contributed by atoms with E-state index in [0.29, 0.717) is 22.2 Å². The van der Waals surface area contributed by atoms with Crippen LogP contribution >= 0.6 is 46.3 Å². The van der Waals surface area contributed by atoms with Crippen molar-refractivity contribution in [3.05, 3.63) is 74.2 Å². The number of thioether (sulfide) groups is 1. The molecule has 1 heterocycles. The highest BCUT2D eigenvalue weighted by Gasteiger charge is 2.12. The van der Waals surface area contributed by atoms with Crippen molar-refractivity contribution in [1.29, 1.82) is 0 Å². The molecule has 2 aromatic carbocycles. The van der Waals surface area contributed by atoms with Crippen molar-refractivity contribution in [2.45, 2.75) is 24.6 Å². The summed E-state index contributed by atoms with van der Waals surface area (Å²) < 4.78 is 0.881. The molecule has 7 heteroatoms. The third-order valence-electron chi connectivity index (χ3n) is 3.90. The van der Waals surface area contributed by atoms with Crippen LogP contribution in [0.15, 0.2) is 46.8 Å². The Hall–Kier alpha value is -1.53. The molecule has 0 bridgehead atoms. The van der Waals surface area contributed by atoms with Gasteiger partial charge in [-0.2, -0.15) is 0 Å². The van der Waals surface area contributed by atoms with Gasteiger partial charge in [-0.15, -0.1) is 11.3 Å². The van der Waals surface area contributed by atoms with Gasteiger partial charge < -0.3 is 5.32 Å². The SMILES string of the molecule is Cc1ccc(NC(=O)CSc2nc(C)c(Cc3ccc(Cl)cc3Cl)s2)cc1. The van der Waals surface area contributed by atoms with Crippen molar-refractivity contribution in [3.8, 4) is 0 Å². The minimum atomic E-state index is -0.0426. The minimum Gasteiger partial charge on any atom is -0.325 e. The van der Waals surface area contributed by atoms with Crippen LogP contribution in [0.4, 0.5) is 5.69 Å². The van der Waals surface area contributed by atoms with Crippen molar-refractivity contribution >= 4 is 57.9 Å². The summed E-state index contributed by atoms with van der Waals surface area (Å²) in [7, 11) is 0. The van der Waals surface area contributed by atoms with E-state index in [2.05, 4.69) is 10.3 Å². The molecule has 0 saturated carbocycles. The zero-order valence-corrected chi connectivity index (χ0v) is 18.0. The predicted octanol–water partition coefficient (Wildman–Crippen LogP) is 6.39. The summed E-state index contributed by atoms with van der Waals surface area (Å²) in [4.78, 5) is 17.9. The highest BCUT2D eigenvalue weighted by molar-refractivity contribution is 8.01. The second kappa shape index (κ2) is 9.11. The molecule has 27 heavy (non-hydrogen) atoms. The van der Waals surface area contributed by atoms with Gasteiger partial charge in [0.15, 0.2) is 4.34 Å². The number of aryl methyl sites for hydroxylation is 2. The highest BCUT2D eigenvalue weighted by Crippen LogP contribution is 2.31. The van der Waals surface area contributed by atoms with Gasteiger partial charge in [0.25, 0.3) is 0 Å². The number of carbonyl (C=O) groups is 1. The Bertz CT molecular complexity index is 955. The summed E-state index contributed by atoms with van der Waals surface area (Å²) in [5.74, 6) is 0.279. The third kappa shape index (κ3) is 5.72. The standard InChI is InChI=1S/C20H18Cl2N2OS2/c1-12-3-7-16(8-4-12)24-19(25)11-26-20-23-13(2)18(27-20)9-14-5-6-15(21)10-17(14)22/h3-8,10H,9,11H2,1-2H3,(H,24,25). The van der Waals surface area contributed by atoms with Crippen molar-refractivity contribution in [2.24, 2.45) is 0 Å². The molecule has 0 radical (unpaired) electrons. The molecule has 1 N–H and O–H groups in total. The second-order valence-electron chi connectivity index (χ2n) is 6.10. The van der Waals surface area contributed by atoms with E-state index in [9.17, 15) is 4.79 Å². The zero-order valence-electron chi connectivity index (χ0n) is 14.9. The molecule has 0 aliphatic heterocycles. The van der Waals surface area contributed by atoms with Crippen molar-refractivity contribution in [1.82, 2.24) is 4.98 Å². The maximum absolute atomic E-state index is 12.1. The molecule has 140 valence electrons. The quantitative estimate of drug-likeness (QED) is 0.455. The Kier molecular flexibility index (Phi) is 6.82. The van der Waals surface area contributed by atoms with E-state index in [1.165, 1.54) is 11.8 Å². The second-order valence-corrected chi connectivity index (χ2v) is 9.25. The van der Waals surface area contributed by atoms with E-state index in [1.807, 2.05) is 50.2 Å². The summed E-state index contributed by atoms with van der Waals surface area (Å²) >= 11 is 15.3. The Morgan fingerprint density at radius 2 is 1.89 bits per heavy atom. The van der Waals surface area contributed by atoms with Gasteiger partial charge in [-0.05, 0) is 43.7 Å². The number of nitrogens with one attached hydrogen (secondary N) is 1. The van der Waals surface area contributed by atoms with Gasteiger partial charge in [-0.1, -0.05) is 58.7 Å². The summed E-state index contributed by atoms with van der Waals surface area (Å²) in [5, 5.41) is 4.18. The van der Waals surface area contributed by atoms with Crippen LogP contribution in [0, 0.1) is 13.8 Å². The monoisotopic (exact) mass is 436 g/mol. The maximum atomic E-state index is 12.1. The van der Waals surface area contributed by atoms with Crippen LogP contribution in [0.1, 0.15) is 21.7 Å². The lowest BCUT2D eigenvalue weighted by molar-refractivity contribution is -0.113. The lowest BCUT2D eigenvalue weighted by Crippen LogP contribution is -2.13. The molecule has 0 saturated heterocycles. The molecule has 3 rings (SSSR count). The number of nitrogens with zero attached hydrogens (tertiary/aromatic N) is 1. The summed E-state index contributed by atoms with van der Waals surface area (Å²) in [6, 6.07) is 13.3. The number of benzene rings is 2. The van der Waals surface area contributed by atoms with Crippen LogP contribution in [0.5, 0.6) is 0 Å². The van der Waals surface area contributed by atoms with Crippen LogP contribution in [0.25, 0.3) is 0 Å². The van der Waals surface area contributed by atoms with Crippen molar-refractivity contribution < 1.29 is 4.79 Å². The van der Waals surface area contributed by atoms with E-state index in [1.54, 1.807) is 17.4 Å². The number of thiazole rings is 1. The van der Waals surface area contributed by atoms with Crippen LogP contribution in [0.2, 0.25) is 10.0 Å². The average molecular weight is 437 g/mol. The molecule has 0 atom stereocenters. The summed E-state index contributed by atoms with van der Waals surface area (Å²) in [5.41, 5.74) is 3.95. The molecule has 0 fully saturated rings. The first-order valence-corrected chi connectivity index (χ1v) is 10.9. The third-order valence-corrected chi connectivity index (χ3v) is 6.79. The Morgan fingerprint density at radius 1 is 1.15 bits per heavy atom. The number of aromatic nitrogens is 1. The molecule has 0 aliphatic rings. The maximum Gasteiger partial charge on any atom is 0.234 e. The molecule has 3 nitrogen and oxygen atoms in total. The molecule has 0 unspecified atom stereocenters. The topological polar surface area (TPSA) is 42.0 Å². The summed E-state index contributed by atoms with van der Waals surface area (Å²) in [6.45, 7) is 3.99. The average Bonchev–Trinajstić information content (AvgIpc) is 2.97. The fourth-order valence-electron chi connectivity index (χ4n) is 2.43. The van der Waals surface area contributed by atoms with Crippen LogP contribution in [-0.2, 0) is 11.2 Å². The number of amides is 1. The lowest BCUT2D eigenvalue weighted by atomic mass is 10.1. The first kappa shape index (κ1) is 20.2. The predicted molar refractivity (Wildman–Crippen MR) is 117 cm³/mol. The van der Waals surface area contributed by atoms with Crippen molar-refractivity contribution in [3.63, 3.8) is 0 Å². The Morgan fingerprint density at radius 3 is 2.59 bits per heavy atom. The van der Waals surface area contributed by atoms with Gasteiger partial charge in [0.05, 0.1) is 11.4 Å². The van der Waals surface area contributed by atoms with E-state index in [0.717, 1.165) is 31.7 Å². The zero-order chi connectivity index (χ0) is 19.4. The fourth-order valence-corrected chi connectivity index (χ4v) is 4.96.